The SMILES string of the molecule is CCn1c2ccccc2c2cc(SCC(NC(C)=O)C(=O)N3CCCCC3)ccc21. The molecule has 1 unspecified atom stereocenters. The molecule has 0 aliphatic carbocycles. The van der Waals surface area contributed by atoms with E-state index in [0.717, 1.165) is 37.4 Å². The van der Waals surface area contributed by atoms with Gasteiger partial charge in [0.05, 0.1) is 0 Å². The molecule has 2 amide bonds. The Kier molecular flexibility index (Phi) is 6.32. The van der Waals surface area contributed by atoms with E-state index in [1.807, 2.05) is 4.90 Å². The molecular weight excluding hydrogens is 394 g/mol. The Bertz CT molecular complexity index is 1070. The molecular formula is C24H29N3O2S. The van der Waals surface area contributed by atoms with Gasteiger partial charge in [-0.1, -0.05) is 18.2 Å². The van der Waals surface area contributed by atoms with Gasteiger partial charge in [-0.2, -0.15) is 0 Å². The molecule has 1 aliphatic rings. The van der Waals surface area contributed by atoms with E-state index in [0.29, 0.717) is 5.75 Å². The number of piperidine rings is 1. The van der Waals surface area contributed by atoms with Crippen LogP contribution in [0.1, 0.15) is 33.1 Å². The first-order valence-electron chi connectivity index (χ1n) is 10.8. The second-order valence-corrected chi connectivity index (χ2v) is 8.98. The van der Waals surface area contributed by atoms with Gasteiger partial charge < -0.3 is 14.8 Å². The van der Waals surface area contributed by atoms with Crippen LogP contribution in [0.2, 0.25) is 0 Å². The number of fused-ring (bicyclic) bond motifs is 3. The first kappa shape index (κ1) is 20.8. The van der Waals surface area contributed by atoms with Gasteiger partial charge in [0.2, 0.25) is 11.8 Å². The fourth-order valence-corrected chi connectivity index (χ4v) is 5.35. The number of rotatable bonds is 6. The highest BCUT2D eigenvalue weighted by molar-refractivity contribution is 7.99. The molecule has 0 radical (unpaired) electrons. The van der Waals surface area contributed by atoms with Crippen LogP contribution in [0.5, 0.6) is 0 Å². The monoisotopic (exact) mass is 423 g/mol. The summed E-state index contributed by atoms with van der Waals surface area (Å²) < 4.78 is 2.33. The summed E-state index contributed by atoms with van der Waals surface area (Å²) in [6.45, 7) is 6.15. The van der Waals surface area contributed by atoms with Gasteiger partial charge in [0, 0.05) is 59.0 Å². The van der Waals surface area contributed by atoms with Crippen molar-refractivity contribution in [3.8, 4) is 0 Å². The van der Waals surface area contributed by atoms with E-state index in [9.17, 15) is 9.59 Å². The second kappa shape index (κ2) is 9.13. The molecule has 2 aromatic carbocycles. The van der Waals surface area contributed by atoms with Crippen molar-refractivity contribution in [1.29, 1.82) is 0 Å². The number of hydrogen-bond acceptors (Lipinski definition) is 3. The van der Waals surface area contributed by atoms with Crippen LogP contribution in [-0.2, 0) is 16.1 Å². The van der Waals surface area contributed by atoms with Crippen LogP contribution in [0.15, 0.2) is 47.4 Å². The summed E-state index contributed by atoms with van der Waals surface area (Å²) in [7, 11) is 0. The van der Waals surface area contributed by atoms with Crippen LogP contribution in [0.25, 0.3) is 21.8 Å². The van der Waals surface area contributed by atoms with E-state index < -0.39 is 6.04 Å². The number of carbonyl (C=O) groups is 2. The molecule has 4 rings (SSSR count). The van der Waals surface area contributed by atoms with Crippen molar-refractivity contribution < 1.29 is 9.59 Å². The third-order valence-corrected chi connectivity index (χ3v) is 6.91. The van der Waals surface area contributed by atoms with Gasteiger partial charge in [-0.3, -0.25) is 9.59 Å². The van der Waals surface area contributed by atoms with Crippen molar-refractivity contribution in [2.24, 2.45) is 0 Å². The first-order valence-corrected chi connectivity index (χ1v) is 11.8. The minimum absolute atomic E-state index is 0.0427. The maximum Gasteiger partial charge on any atom is 0.246 e. The fourth-order valence-electron chi connectivity index (χ4n) is 4.40. The Hall–Kier alpha value is -2.47. The number of benzene rings is 2. The van der Waals surface area contributed by atoms with Crippen molar-refractivity contribution in [1.82, 2.24) is 14.8 Å². The average molecular weight is 424 g/mol. The number of aryl methyl sites for hydroxylation is 1. The molecule has 1 atom stereocenters. The summed E-state index contributed by atoms with van der Waals surface area (Å²) in [5.74, 6) is 0.417. The summed E-state index contributed by atoms with van der Waals surface area (Å²) in [5.41, 5.74) is 2.47. The number of nitrogens with zero attached hydrogens (tertiary/aromatic N) is 2. The van der Waals surface area contributed by atoms with Gasteiger partial charge in [-0.05, 0) is 50.5 Å². The molecule has 1 N–H and O–H groups in total. The molecule has 1 fully saturated rings. The average Bonchev–Trinajstić information content (AvgIpc) is 3.09. The van der Waals surface area contributed by atoms with E-state index in [2.05, 4.69) is 59.3 Å². The number of aromatic nitrogens is 1. The Morgan fingerprint density at radius 2 is 1.77 bits per heavy atom. The molecule has 1 saturated heterocycles. The Labute approximate surface area is 181 Å². The number of thioether (sulfide) groups is 1. The lowest BCUT2D eigenvalue weighted by atomic mass is 10.1. The molecule has 0 bridgehead atoms. The zero-order valence-corrected chi connectivity index (χ0v) is 18.5. The third kappa shape index (κ3) is 4.19. The number of hydrogen-bond donors (Lipinski definition) is 1. The minimum Gasteiger partial charge on any atom is -0.344 e. The maximum absolute atomic E-state index is 13.0. The molecule has 1 aromatic heterocycles. The summed E-state index contributed by atoms with van der Waals surface area (Å²) in [5, 5.41) is 5.35. The minimum atomic E-state index is -0.488. The predicted molar refractivity (Wildman–Crippen MR) is 124 cm³/mol. The number of likely N-dealkylation sites (tertiary alicyclic amines) is 1. The van der Waals surface area contributed by atoms with Crippen molar-refractivity contribution in [2.45, 2.75) is 50.6 Å². The largest absolute Gasteiger partial charge is 0.344 e. The van der Waals surface area contributed by atoms with Gasteiger partial charge >= 0.3 is 0 Å². The summed E-state index contributed by atoms with van der Waals surface area (Å²) in [4.78, 5) is 27.7. The van der Waals surface area contributed by atoms with E-state index >= 15 is 0 Å². The molecule has 158 valence electrons. The van der Waals surface area contributed by atoms with Crippen LogP contribution in [0, 0.1) is 0 Å². The number of carbonyl (C=O) groups excluding carboxylic acids is 2. The summed E-state index contributed by atoms with van der Waals surface area (Å²) in [6, 6.07) is 14.5. The van der Waals surface area contributed by atoms with Crippen LogP contribution >= 0.6 is 11.8 Å². The van der Waals surface area contributed by atoms with E-state index in [1.165, 1.54) is 35.2 Å². The highest BCUT2D eigenvalue weighted by Crippen LogP contribution is 2.32. The molecule has 2 heterocycles. The molecule has 5 nitrogen and oxygen atoms in total. The summed E-state index contributed by atoms with van der Waals surface area (Å²) >= 11 is 1.63. The fraction of sp³-hybridized carbons (Fsp3) is 0.417. The van der Waals surface area contributed by atoms with Gasteiger partial charge in [-0.25, -0.2) is 0 Å². The Balaban J connectivity index is 1.56. The highest BCUT2D eigenvalue weighted by atomic mass is 32.2. The molecule has 3 aromatic rings. The maximum atomic E-state index is 13.0. The zero-order chi connectivity index (χ0) is 21.1. The molecule has 0 spiro atoms. The number of amides is 2. The van der Waals surface area contributed by atoms with Crippen molar-refractivity contribution in [2.75, 3.05) is 18.8 Å². The molecule has 1 aliphatic heterocycles. The molecule has 0 saturated carbocycles. The lowest BCUT2D eigenvalue weighted by Crippen LogP contribution is -2.50. The number of para-hydroxylation sites is 1. The van der Waals surface area contributed by atoms with Crippen molar-refractivity contribution >= 4 is 45.4 Å². The highest BCUT2D eigenvalue weighted by Gasteiger charge is 2.26. The zero-order valence-electron chi connectivity index (χ0n) is 17.7. The van der Waals surface area contributed by atoms with Gasteiger partial charge in [0.25, 0.3) is 0 Å². The van der Waals surface area contributed by atoms with Crippen molar-refractivity contribution in [3.05, 3.63) is 42.5 Å². The normalized spacial score (nSPS) is 15.5. The lowest BCUT2D eigenvalue weighted by Gasteiger charge is -2.30. The molecule has 30 heavy (non-hydrogen) atoms. The first-order chi connectivity index (χ1) is 14.6. The van der Waals surface area contributed by atoms with Crippen LogP contribution in [0.4, 0.5) is 0 Å². The predicted octanol–water partition coefficient (Wildman–Crippen LogP) is 4.42. The third-order valence-electron chi connectivity index (χ3n) is 5.82. The quantitative estimate of drug-likeness (QED) is 0.597. The van der Waals surface area contributed by atoms with Gasteiger partial charge in [-0.15, -0.1) is 11.8 Å². The van der Waals surface area contributed by atoms with Crippen LogP contribution in [0.3, 0.4) is 0 Å². The Morgan fingerprint density at radius 3 is 2.50 bits per heavy atom. The summed E-state index contributed by atoms with van der Waals surface area (Å²) in [6.07, 6.45) is 3.27. The van der Waals surface area contributed by atoms with E-state index in [-0.39, 0.29) is 11.8 Å². The van der Waals surface area contributed by atoms with Crippen molar-refractivity contribution in [3.63, 3.8) is 0 Å². The van der Waals surface area contributed by atoms with Gasteiger partial charge in [0.1, 0.15) is 6.04 Å². The topological polar surface area (TPSA) is 54.3 Å². The van der Waals surface area contributed by atoms with E-state index in [1.54, 1.807) is 11.8 Å². The number of nitrogens with one attached hydrogen (secondary N) is 1. The van der Waals surface area contributed by atoms with Crippen LogP contribution in [-0.4, -0.2) is 46.2 Å². The van der Waals surface area contributed by atoms with Crippen LogP contribution < -0.4 is 5.32 Å². The molecule has 6 heteroatoms. The van der Waals surface area contributed by atoms with Gasteiger partial charge in [0.15, 0.2) is 0 Å². The lowest BCUT2D eigenvalue weighted by molar-refractivity contribution is -0.136. The standard InChI is InChI=1S/C24H29N3O2S/c1-3-27-22-10-6-5-9-19(22)20-15-18(11-12-23(20)27)30-16-21(25-17(2)28)24(29)26-13-7-4-8-14-26/h5-6,9-12,15,21H,3-4,7-8,13-14,16H2,1-2H3,(H,25,28). The Morgan fingerprint density at radius 1 is 1.03 bits per heavy atom. The second-order valence-electron chi connectivity index (χ2n) is 7.89. The smallest absolute Gasteiger partial charge is 0.246 e. The van der Waals surface area contributed by atoms with E-state index in [4.69, 9.17) is 0 Å².